The number of carbonyl (C=O) groups is 1. The maximum Gasteiger partial charge on any atom is 0.221 e. The van der Waals surface area contributed by atoms with Crippen LogP contribution in [0.15, 0.2) is 0 Å². The summed E-state index contributed by atoms with van der Waals surface area (Å²) in [4.78, 5) is 11.7. The highest BCUT2D eigenvalue weighted by Gasteiger charge is 2.20. The highest BCUT2D eigenvalue weighted by atomic mass is 16.1. The second-order valence-corrected chi connectivity index (χ2v) is 5.28. The van der Waals surface area contributed by atoms with Gasteiger partial charge in [0.05, 0.1) is 0 Å². The van der Waals surface area contributed by atoms with E-state index in [9.17, 15) is 4.79 Å². The molecule has 1 unspecified atom stereocenters. The number of hydrogen-bond donors (Lipinski definition) is 2. The van der Waals surface area contributed by atoms with Gasteiger partial charge < -0.3 is 11.1 Å². The van der Waals surface area contributed by atoms with Crippen LogP contribution in [0.25, 0.3) is 0 Å². The molecule has 1 atom stereocenters. The molecule has 3 nitrogen and oxygen atoms in total. The van der Waals surface area contributed by atoms with Gasteiger partial charge in [-0.05, 0) is 38.0 Å². The summed E-state index contributed by atoms with van der Waals surface area (Å²) in [5.74, 6) is 0.969. The van der Waals surface area contributed by atoms with Crippen molar-refractivity contribution < 1.29 is 4.79 Å². The fourth-order valence-electron chi connectivity index (χ4n) is 2.40. The molecular weight excluding hydrogens is 200 g/mol. The molecule has 1 amide bonds. The predicted octanol–water partition coefficient (Wildman–Crippen LogP) is 2.20. The molecule has 0 heterocycles. The predicted molar refractivity (Wildman–Crippen MR) is 67.1 cm³/mol. The Morgan fingerprint density at radius 1 is 1.38 bits per heavy atom. The van der Waals surface area contributed by atoms with Crippen LogP contribution in [0.4, 0.5) is 0 Å². The van der Waals surface area contributed by atoms with Crippen LogP contribution in [0.3, 0.4) is 0 Å². The Kier molecular flexibility index (Phi) is 5.81. The molecule has 3 heteroatoms. The summed E-state index contributed by atoms with van der Waals surface area (Å²) in [5, 5.41) is 3.11. The van der Waals surface area contributed by atoms with Crippen molar-refractivity contribution in [1.82, 2.24) is 5.32 Å². The molecule has 0 aromatic rings. The van der Waals surface area contributed by atoms with Crippen molar-refractivity contribution in [2.24, 2.45) is 11.7 Å². The fourth-order valence-corrected chi connectivity index (χ4v) is 2.40. The van der Waals surface area contributed by atoms with Crippen molar-refractivity contribution in [1.29, 1.82) is 0 Å². The van der Waals surface area contributed by atoms with E-state index in [1.807, 2.05) is 0 Å². The first-order valence-electron chi connectivity index (χ1n) is 6.66. The number of carbonyl (C=O) groups excluding carboxylic acids is 1. The highest BCUT2D eigenvalue weighted by Crippen LogP contribution is 2.23. The molecule has 0 aliphatic heterocycles. The Labute approximate surface area is 99.2 Å². The first kappa shape index (κ1) is 13.5. The molecule has 0 aromatic heterocycles. The Morgan fingerprint density at radius 3 is 2.56 bits per heavy atom. The van der Waals surface area contributed by atoms with E-state index in [1.165, 1.54) is 12.8 Å². The standard InChI is InChI=1S/C13H26N2O/c1-3-4-11(14)9-13(16)15-12-7-5-10(2)6-8-12/h10-12H,3-9,14H2,1-2H3,(H,15,16). The van der Waals surface area contributed by atoms with Gasteiger partial charge in [0, 0.05) is 18.5 Å². The minimum absolute atomic E-state index is 0.0347. The quantitative estimate of drug-likeness (QED) is 0.755. The van der Waals surface area contributed by atoms with E-state index < -0.39 is 0 Å². The minimum atomic E-state index is 0.0347. The second-order valence-electron chi connectivity index (χ2n) is 5.28. The van der Waals surface area contributed by atoms with Crippen molar-refractivity contribution in [2.45, 2.75) is 70.9 Å². The lowest BCUT2D eigenvalue weighted by Gasteiger charge is -2.27. The minimum Gasteiger partial charge on any atom is -0.353 e. The first-order valence-corrected chi connectivity index (χ1v) is 6.66. The van der Waals surface area contributed by atoms with Crippen molar-refractivity contribution >= 4 is 5.91 Å². The van der Waals surface area contributed by atoms with Crippen LogP contribution in [-0.4, -0.2) is 18.0 Å². The van der Waals surface area contributed by atoms with Gasteiger partial charge in [-0.2, -0.15) is 0 Å². The number of rotatable bonds is 5. The van der Waals surface area contributed by atoms with Gasteiger partial charge in [0.1, 0.15) is 0 Å². The van der Waals surface area contributed by atoms with Crippen LogP contribution in [0, 0.1) is 5.92 Å². The lowest BCUT2D eigenvalue weighted by atomic mass is 9.87. The zero-order valence-corrected chi connectivity index (χ0v) is 10.7. The van der Waals surface area contributed by atoms with Gasteiger partial charge in [0.15, 0.2) is 0 Å². The van der Waals surface area contributed by atoms with Crippen LogP contribution in [-0.2, 0) is 4.79 Å². The molecule has 1 aliphatic rings. The van der Waals surface area contributed by atoms with E-state index in [2.05, 4.69) is 19.2 Å². The number of nitrogens with two attached hydrogens (primary N) is 1. The van der Waals surface area contributed by atoms with Crippen LogP contribution >= 0.6 is 0 Å². The van der Waals surface area contributed by atoms with E-state index in [4.69, 9.17) is 5.73 Å². The maximum atomic E-state index is 11.7. The van der Waals surface area contributed by atoms with Gasteiger partial charge in [-0.3, -0.25) is 4.79 Å². The highest BCUT2D eigenvalue weighted by molar-refractivity contribution is 5.76. The average molecular weight is 226 g/mol. The molecular formula is C13H26N2O. The second kappa shape index (κ2) is 6.89. The SMILES string of the molecule is CCCC(N)CC(=O)NC1CCC(C)CC1. The Hall–Kier alpha value is -0.570. The normalized spacial score (nSPS) is 27.4. The molecule has 3 N–H and O–H groups in total. The van der Waals surface area contributed by atoms with E-state index >= 15 is 0 Å². The first-order chi connectivity index (χ1) is 7.61. The van der Waals surface area contributed by atoms with Crippen molar-refractivity contribution in [2.75, 3.05) is 0 Å². The zero-order chi connectivity index (χ0) is 12.0. The zero-order valence-electron chi connectivity index (χ0n) is 10.7. The Balaban J connectivity index is 2.18. The van der Waals surface area contributed by atoms with Gasteiger partial charge in [0.2, 0.25) is 5.91 Å². The van der Waals surface area contributed by atoms with E-state index in [-0.39, 0.29) is 11.9 Å². The summed E-state index contributed by atoms with van der Waals surface area (Å²) in [6.07, 6.45) is 7.23. The van der Waals surface area contributed by atoms with Crippen LogP contribution < -0.4 is 11.1 Å². The smallest absolute Gasteiger partial charge is 0.221 e. The van der Waals surface area contributed by atoms with E-state index in [0.717, 1.165) is 31.6 Å². The summed E-state index contributed by atoms with van der Waals surface area (Å²) < 4.78 is 0. The molecule has 1 aliphatic carbocycles. The third kappa shape index (κ3) is 4.97. The maximum absolute atomic E-state index is 11.7. The molecule has 0 saturated heterocycles. The largest absolute Gasteiger partial charge is 0.353 e. The van der Waals surface area contributed by atoms with Gasteiger partial charge in [-0.1, -0.05) is 20.3 Å². The number of hydrogen-bond acceptors (Lipinski definition) is 2. The molecule has 1 saturated carbocycles. The molecule has 0 radical (unpaired) electrons. The number of amides is 1. The summed E-state index contributed by atoms with van der Waals surface area (Å²) in [6.45, 7) is 4.38. The van der Waals surface area contributed by atoms with Crippen molar-refractivity contribution in [3.8, 4) is 0 Å². The van der Waals surface area contributed by atoms with E-state index in [1.54, 1.807) is 0 Å². The van der Waals surface area contributed by atoms with Crippen LogP contribution in [0.2, 0.25) is 0 Å². The van der Waals surface area contributed by atoms with Crippen LogP contribution in [0.1, 0.15) is 58.8 Å². The molecule has 16 heavy (non-hydrogen) atoms. The van der Waals surface area contributed by atoms with Gasteiger partial charge in [-0.15, -0.1) is 0 Å². The van der Waals surface area contributed by atoms with Crippen LogP contribution in [0.5, 0.6) is 0 Å². The summed E-state index contributed by atoms with van der Waals surface area (Å²) in [7, 11) is 0. The fraction of sp³-hybridized carbons (Fsp3) is 0.923. The Bertz CT molecular complexity index is 210. The molecule has 94 valence electrons. The summed E-state index contributed by atoms with van der Waals surface area (Å²) in [6, 6.07) is 0.435. The molecule has 0 spiro atoms. The lowest BCUT2D eigenvalue weighted by molar-refractivity contribution is -0.122. The van der Waals surface area contributed by atoms with Gasteiger partial charge in [0.25, 0.3) is 0 Å². The summed E-state index contributed by atoms with van der Waals surface area (Å²) >= 11 is 0. The average Bonchev–Trinajstić information content (AvgIpc) is 2.21. The van der Waals surface area contributed by atoms with Gasteiger partial charge in [-0.25, -0.2) is 0 Å². The van der Waals surface area contributed by atoms with Crippen molar-refractivity contribution in [3.05, 3.63) is 0 Å². The van der Waals surface area contributed by atoms with Gasteiger partial charge >= 0.3 is 0 Å². The third-order valence-electron chi connectivity index (χ3n) is 3.49. The molecule has 0 bridgehead atoms. The number of nitrogens with one attached hydrogen (secondary N) is 1. The lowest BCUT2D eigenvalue weighted by Crippen LogP contribution is -2.40. The Morgan fingerprint density at radius 2 is 2.00 bits per heavy atom. The summed E-state index contributed by atoms with van der Waals surface area (Å²) in [5.41, 5.74) is 5.85. The topological polar surface area (TPSA) is 55.1 Å². The third-order valence-corrected chi connectivity index (χ3v) is 3.49. The monoisotopic (exact) mass is 226 g/mol. The van der Waals surface area contributed by atoms with E-state index in [0.29, 0.717) is 12.5 Å². The molecule has 1 fully saturated rings. The molecule has 0 aromatic carbocycles. The van der Waals surface area contributed by atoms with Crippen molar-refractivity contribution in [3.63, 3.8) is 0 Å². The molecule has 1 rings (SSSR count).